The zero-order chi connectivity index (χ0) is 21.4. The molecule has 0 amide bonds. The van der Waals surface area contributed by atoms with Crippen molar-refractivity contribution in [2.45, 2.75) is 19.8 Å². The van der Waals surface area contributed by atoms with Crippen LogP contribution in [0.2, 0.25) is 0 Å². The topological polar surface area (TPSA) is 33.1 Å². The minimum absolute atomic E-state index is 0.257. The van der Waals surface area contributed by atoms with Crippen molar-refractivity contribution in [2.24, 2.45) is 0 Å². The predicted octanol–water partition coefficient (Wildman–Crippen LogP) is 8.13. The molecule has 0 radical (unpaired) electrons. The quantitative estimate of drug-likeness (QED) is 0.318. The van der Waals surface area contributed by atoms with Gasteiger partial charge in [-0.3, -0.25) is 0 Å². The highest BCUT2D eigenvalue weighted by atomic mass is 32.1. The molecule has 152 valence electrons. The van der Waals surface area contributed by atoms with E-state index in [4.69, 9.17) is 4.98 Å². The molecule has 3 heteroatoms. The molecule has 0 aliphatic heterocycles. The van der Waals surface area contributed by atoms with Gasteiger partial charge in [-0.1, -0.05) is 80.6 Å². The van der Waals surface area contributed by atoms with Gasteiger partial charge in [0.25, 0.3) is 0 Å². The summed E-state index contributed by atoms with van der Waals surface area (Å²) in [6.07, 6.45) is 0. The summed E-state index contributed by atoms with van der Waals surface area (Å²) in [4.78, 5) is 4.95. The van der Waals surface area contributed by atoms with Gasteiger partial charge in [0.1, 0.15) is 10.8 Å². The number of aromatic hydroxyl groups is 1. The molecule has 31 heavy (non-hydrogen) atoms. The van der Waals surface area contributed by atoms with Gasteiger partial charge in [0.05, 0.1) is 15.8 Å². The van der Waals surface area contributed by atoms with Gasteiger partial charge < -0.3 is 5.11 Å². The number of thiazole rings is 1. The Balaban J connectivity index is 1.72. The van der Waals surface area contributed by atoms with E-state index < -0.39 is 0 Å². The van der Waals surface area contributed by atoms with Crippen LogP contribution in [0.3, 0.4) is 0 Å². The lowest BCUT2D eigenvalue weighted by molar-refractivity contribution is 0.477. The molecule has 4 aromatic carbocycles. The van der Waals surface area contributed by atoms with Crippen molar-refractivity contribution in [1.82, 2.24) is 4.98 Å². The van der Waals surface area contributed by atoms with Crippen LogP contribution in [-0.4, -0.2) is 10.1 Å². The third-order valence-corrected chi connectivity index (χ3v) is 6.66. The van der Waals surface area contributed by atoms with Crippen LogP contribution >= 0.6 is 11.3 Å². The van der Waals surface area contributed by atoms with Crippen molar-refractivity contribution in [2.75, 3.05) is 0 Å². The Labute approximate surface area is 186 Å². The molecular formula is C28H23NOS. The first-order chi connectivity index (χ1) is 15.1. The van der Waals surface area contributed by atoms with Crippen molar-refractivity contribution in [3.8, 4) is 38.6 Å². The van der Waals surface area contributed by atoms with Crippen molar-refractivity contribution in [3.63, 3.8) is 0 Å². The summed E-state index contributed by atoms with van der Waals surface area (Å²) in [6.45, 7) is 4.43. The van der Waals surface area contributed by atoms with Gasteiger partial charge in [0, 0.05) is 5.56 Å². The number of phenolic OH excluding ortho intramolecular Hbond substituents is 1. The van der Waals surface area contributed by atoms with E-state index in [0.717, 1.165) is 31.9 Å². The van der Waals surface area contributed by atoms with Crippen LogP contribution in [0.4, 0.5) is 0 Å². The van der Waals surface area contributed by atoms with Gasteiger partial charge in [-0.15, -0.1) is 11.3 Å². The molecule has 0 unspecified atom stereocenters. The van der Waals surface area contributed by atoms with Gasteiger partial charge in [-0.05, 0) is 52.4 Å². The van der Waals surface area contributed by atoms with E-state index in [9.17, 15) is 5.11 Å². The summed E-state index contributed by atoms with van der Waals surface area (Å²) in [5.74, 6) is 0.770. The fourth-order valence-electron chi connectivity index (χ4n) is 3.86. The number of benzene rings is 4. The molecule has 5 aromatic rings. The molecule has 0 saturated heterocycles. The van der Waals surface area contributed by atoms with Crippen LogP contribution in [0.15, 0.2) is 91.0 Å². The monoisotopic (exact) mass is 421 g/mol. The molecular weight excluding hydrogens is 398 g/mol. The SMILES string of the molecule is CC(C)c1ccc(-c2cc(-c3ccccc3)c3nc(-c4ccccc4O)sc3c2)cc1. The van der Waals surface area contributed by atoms with Crippen LogP contribution in [0.5, 0.6) is 5.75 Å². The second-order valence-corrected chi connectivity index (χ2v) is 9.08. The van der Waals surface area contributed by atoms with Crippen LogP contribution in [0.25, 0.3) is 43.0 Å². The van der Waals surface area contributed by atoms with Crippen molar-refractivity contribution in [3.05, 3.63) is 96.6 Å². The van der Waals surface area contributed by atoms with Crippen LogP contribution < -0.4 is 0 Å². The molecule has 1 heterocycles. The summed E-state index contributed by atoms with van der Waals surface area (Å²) < 4.78 is 1.11. The third kappa shape index (κ3) is 3.73. The average molecular weight is 422 g/mol. The summed E-state index contributed by atoms with van der Waals surface area (Å²) in [5, 5.41) is 11.2. The zero-order valence-electron chi connectivity index (χ0n) is 17.5. The molecule has 2 nitrogen and oxygen atoms in total. The molecule has 1 N–H and O–H groups in total. The predicted molar refractivity (Wildman–Crippen MR) is 132 cm³/mol. The van der Waals surface area contributed by atoms with E-state index in [2.05, 4.69) is 74.5 Å². The first kappa shape index (κ1) is 19.5. The van der Waals surface area contributed by atoms with Crippen molar-refractivity contribution < 1.29 is 5.11 Å². The number of aromatic nitrogens is 1. The number of hydrogen-bond acceptors (Lipinski definition) is 3. The number of para-hydroxylation sites is 1. The molecule has 0 saturated carbocycles. The lowest BCUT2D eigenvalue weighted by Gasteiger charge is -2.10. The minimum Gasteiger partial charge on any atom is -0.507 e. The largest absolute Gasteiger partial charge is 0.507 e. The van der Waals surface area contributed by atoms with Gasteiger partial charge in [-0.2, -0.15) is 0 Å². The second-order valence-electron chi connectivity index (χ2n) is 8.05. The summed E-state index contributed by atoms with van der Waals surface area (Å²) in [6, 6.07) is 31.1. The minimum atomic E-state index is 0.257. The van der Waals surface area contributed by atoms with E-state index in [-0.39, 0.29) is 5.75 Å². The van der Waals surface area contributed by atoms with Gasteiger partial charge >= 0.3 is 0 Å². The number of hydrogen-bond donors (Lipinski definition) is 1. The fraction of sp³-hybridized carbons (Fsp3) is 0.107. The summed E-state index contributed by atoms with van der Waals surface area (Å²) in [5.41, 5.74) is 7.70. The van der Waals surface area contributed by atoms with Crippen LogP contribution in [-0.2, 0) is 0 Å². The van der Waals surface area contributed by atoms with Gasteiger partial charge in [-0.25, -0.2) is 4.98 Å². The Hall–Kier alpha value is -3.43. The van der Waals surface area contributed by atoms with Crippen LogP contribution in [0.1, 0.15) is 25.3 Å². The maximum absolute atomic E-state index is 10.3. The second kappa shape index (κ2) is 8.01. The molecule has 0 atom stereocenters. The highest BCUT2D eigenvalue weighted by Gasteiger charge is 2.15. The molecule has 0 aliphatic carbocycles. The Morgan fingerprint density at radius 1 is 0.710 bits per heavy atom. The van der Waals surface area contributed by atoms with E-state index in [1.54, 1.807) is 17.4 Å². The Kier molecular flexibility index (Phi) is 5.05. The van der Waals surface area contributed by atoms with Crippen LogP contribution in [0, 0.1) is 0 Å². The molecule has 1 aromatic heterocycles. The maximum atomic E-state index is 10.3. The lowest BCUT2D eigenvalue weighted by Crippen LogP contribution is -1.88. The maximum Gasteiger partial charge on any atom is 0.128 e. The van der Waals surface area contributed by atoms with Gasteiger partial charge in [0.15, 0.2) is 0 Å². The number of rotatable bonds is 4. The molecule has 0 spiro atoms. The van der Waals surface area contributed by atoms with E-state index in [1.165, 1.54) is 16.7 Å². The molecule has 0 aliphatic rings. The third-order valence-electron chi connectivity index (χ3n) is 5.62. The van der Waals surface area contributed by atoms with Gasteiger partial charge in [0.2, 0.25) is 0 Å². The Morgan fingerprint density at radius 2 is 1.42 bits per heavy atom. The number of fused-ring (bicyclic) bond motifs is 1. The lowest BCUT2D eigenvalue weighted by atomic mass is 9.96. The first-order valence-corrected chi connectivity index (χ1v) is 11.3. The molecule has 0 bridgehead atoms. The number of phenols is 1. The van der Waals surface area contributed by atoms with E-state index >= 15 is 0 Å². The number of nitrogens with zero attached hydrogens (tertiary/aromatic N) is 1. The first-order valence-electron chi connectivity index (χ1n) is 10.5. The highest BCUT2D eigenvalue weighted by Crippen LogP contribution is 2.41. The zero-order valence-corrected chi connectivity index (χ0v) is 18.4. The summed E-state index contributed by atoms with van der Waals surface area (Å²) >= 11 is 1.62. The Morgan fingerprint density at radius 3 is 2.13 bits per heavy atom. The fourth-order valence-corrected chi connectivity index (χ4v) is 4.93. The van der Waals surface area contributed by atoms with E-state index in [1.807, 2.05) is 24.3 Å². The standard InChI is InChI=1S/C28H23NOS/c1-18(2)19-12-14-20(15-13-19)22-16-24(21-8-4-3-5-9-21)27-26(17-22)31-28(29-27)23-10-6-7-11-25(23)30/h3-18,30H,1-2H3. The molecule has 0 fully saturated rings. The smallest absolute Gasteiger partial charge is 0.128 e. The normalized spacial score (nSPS) is 11.3. The Bertz CT molecular complexity index is 1350. The molecule has 5 rings (SSSR count). The highest BCUT2D eigenvalue weighted by molar-refractivity contribution is 7.21. The summed E-state index contributed by atoms with van der Waals surface area (Å²) in [7, 11) is 0. The van der Waals surface area contributed by atoms with Crippen molar-refractivity contribution >= 4 is 21.6 Å². The van der Waals surface area contributed by atoms with E-state index in [0.29, 0.717) is 5.92 Å². The average Bonchev–Trinajstić information content (AvgIpc) is 3.23. The van der Waals surface area contributed by atoms with Crippen molar-refractivity contribution in [1.29, 1.82) is 0 Å².